The highest BCUT2D eigenvalue weighted by Crippen LogP contribution is 2.30. The van der Waals surface area contributed by atoms with Crippen LogP contribution < -0.4 is 4.74 Å². The molecule has 0 heterocycles. The molecule has 22 heavy (non-hydrogen) atoms. The van der Waals surface area contributed by atoms with Gasteiger partial charge in [0.1, 0.15) is 5.75 Å². The van der Waals surface area contributed by atoms with E-state index in [-0.39, 0.29) is 24.9 Å². The molecule has 1 N–H and O–H groups in total. The van der Waals surface area contributed by atoms with Crippen molar-refractivity contribution in [3.05, 3.63) is 28.2 Å². The van der Waals surface area contributed by atoms with Crippen molar-refractivity contribution >= 4 is 27.8 Å². The van der Waals surface area contributed by atoms with Crippen molar-refractivity contribution in [3.8, 4) is 5.75 Å². The molecule has 6 heteroatoms. The monoisotopic (exact) mass is 369 g/mol. The number of nitrogens with zero attached hydrogens (tertiary/aromatic N) is 1. The Morgan fingerprint density at radius 1 is 1.45 bits per heavy atom. The normalized spacial score (nSPS) is 15.2. The first kappa shape index (κ1) is 16.8. The second-order valence-corrected chi connectivity index (χ2v) is 6.57. The molecule has 1 saturated carbocycles. The lowest BCUT2D eigenvalue weighted by atomic mass is 10.1. The molecule has 1 aliphatic rings. The molecule has 1 fully saturated rings. The molecule has 120 valence electrons. The van der Waals surface area contributed by atoms with Crippen LogP contribution in [0.4, 0.5) is 0 Å². The molecule has 5 nitrogen and oxygen atoms in total. The number of carbonyl (C=O) groups is 2. The summed E-state index contributed by atoms with van der Waals surface area (Å²) in [6, 6.07) is 5.72. The Balaban J connectivity index is 2.11. The molecule has 0 aromatic heterocycles. The fraction of sp³-hybridized carbons (Fsp3) is 0.500. The summed E-state index contributed by atoms with van der Waals surface area (Å²) >= 11 is 3.39. The van der Waals surface area contributed by atoms with E-state index in [0.717, 1.165) is 22.9 Å². The SMILES string of the molecule is COc1ccc(Br)cc1CC(=O)N(CC(C)C(=O)O)C1CC1. The molecule has 1 aliphatic carbocycles. The first-order valence-electron chi connectivity index (χ1n) is 7.27. The summed E-state index contributed by atoms with van der Waals surface area (Å²) in [5.41, 5.74) is 0.801. The van der Waals surface area contributed by atoms with Gasteiger partial charge in [-0.3, -0.25) is 9.59 Å². The van der Waals surface area contributed by atoms with Crippen LogP contribution in [0, 0.1) is 5.92 Å². The smallest absolute Gasteiger partial charge is 0.308 e. The maximum Gasteiger partial charge on any atom is 0.308 e. The summed E-state index contributed by atoms with van der Waals surface area (Å²) in [7, 11) is 1.57. The van der Waals surface area contributed by atoms with Gasteiger partial charge in [-0.05, 0) is 31.0 Å². The summed E-state index contributed by atoms with van der Waals surface area (Å²) < 4.78 is 6.17. The third-order valence-corrected chi connectivity index (χ3v) is 4.28. The molecule has 0 radical (unpaired) electrons. The van der Waals surface area contributed by atoms with E-state index in [1.165, 1.54) is 0 Å². The van der Waals surface area contributed by atoms with Crippen LogP contribution >= 0.6 is 15.9 Å². The Bertz CT molecular complexity index is 571. The molecule has 2 rings (SSSR count). The molecule has 1 amide bonds. The number of halogens is 1. The van der Waals surface area contributed by atoms with Gasteiger partial charge in [0.25, 0.3) is 0 Å². The van der Waals surface area contributed by atoms with Crippen molar-refractivity contribution < 1.29 is 19.4 Å². The first-order valence-corrected chi connectivity index (χ1v) is 8.06. The van der Waals surface area contributed by atoms with Crippen molar-refractivity contribution in [1.29, 1.82) is 0 Å². The average Bonchev–Trinajstić information content (AvgIpc) is 3.29. The molecule has 0 spiro atoms. The number of methoxy groups -OCH3 is 1. The van der Waals surface area contributed by atoms with E-state index in [1.807, 2.05) is 18.2 Å². The number of rotatable bonds is 7. The van der Waals surface area contributed by atoms with Crippen molar-refractivity contribution in [2.45, 2.75) is 32.2 Å². The van der Waals surface area contributed by atoms with Crippen molar-refractivity contribution in [3.63, 3.8) is 0 Å². The zero-order chi connectivity index (χ0) is 16.3. The Labute approximate surface area is 138 Å². The fourth-order valence-corrected chi connectivity index (χ4v) is 2.77. The lowest BCUT2D eigenvalue weighted by molar-refractivity contribution is -0.143. The Kier molecular flexibility index (Phi) is 5.45. The lowest BCUT2D eigenvalue weighted by Gasteiger charge is -2.25. The third-order valence-electron chi connectivity index (χ3n) is 3.78. The molecule has 1 aromatic carbocycles. The molecular weight excluding hydrogens is 350 g/mol. The van der Waals surface area contributed by atoms with Crippen LogP contribution in [0.3, 0.4) is 0 Å². The predicted octanol–water partition coefficient (Wildman–Crippen LogP) is 2.71. The zero-order valence-electron chi connectivity index (χ0n) is 12.7. The second-order valence-electron chi connectivity index (χ2n) is 5.65. The number of benzene rings is 1. The molecular formula is C16H20BrNO4. The van der Waals surface area contributed by atoms with Crippen LogP contribution in [-0.2, 0) is 16.0 Å². The van der Waals surface area contributed by atoms with Gasteiger partial charge in [0, 0.05) is 22.6 Å². The molecule has 0 aliphatic heterocycles. The van der Waals surface area contributed by atoms with Gasteiger partial charge in [0.15, 0.2) is 0 Å². The molecule has 1 aromatic rings. The molecule has 0 saturated heterocycles. The van der Waals surface area contributed by atoms with Crippen LogP contribution in [0.25, 0.3) is 0 Å². The van der Waals surface area contributed by atoms with E-state index in [4.69, 9.17) is 9.84 Å². The summed E-state index contributed by atoms with van der Waals surface area (Å²) in [5, 5.41) is 9.06. The molecule has 1 atom stereocenters. The van der Waals surface area contributed by atoms with Gasteiger partial charge in [-0.15, -0.1) is 0 Å². The fourth-order valence-electron chi connectivity index (χ4n) is 2.36. The number of amides is 1. The minimum atomic E-state index is -0.876. The number of carboxylic acid groups (broad SMARTS) is 1. The summed E-state index contributed by atoms with van der Waals surface area (Å²) in [5.74, 6) is -0.821. The number of ether oxygens (including phenoxy) is 1. The number of carboxylic acids is 1. The second kappa shape index (κ2) is 7.13. The minimum absolute atomic E-state index is 0.0491. The van der Waals surface area contributed by atoms with Crippen molar-refractivity contribution in [2.24, 2.45) is 5.92 Å². The predicted molar refractivity (Wildman–Crippen MR) is 85.9 cm³/mol. The van der Waals surface area contributed by atoms with Crippen LogP contribution in [0.1, 0.15) is 25.3 Å². The quantitative estimate of drug-likeness (QED) is 0.802. The van der Waals surface area contributed by atoms with Crippen molar-refractivity contribution in [2.75, 3.05) is 13.7 Å². The van der Waals surface area contributed by atoms with E-state index in [9.17, 15) is 9.59 Å². The first-order chi connectivity index (χ1) is 10.4. The number of hydrogen-bond donors (Lipinski definition) is 1. The van der Waals surface area contributed by atoms with Gasteiger partial charge in [0.05, 0.1) is 19.4 Å². The topological polar surface area (TPSA) is 66.8 Å². The van der Waals surface area contributed by atoms with E-state index in [2.05, 4.69) is 15.9 Å². The number of hydrogen-bond acceptors (Lipinski definition) is 3. The minimum Gasteiger partial charge on any atom is -0.496 e. The summed E-state index contributed by atoms with van der Waals surface area (Å²) in [4.78, 5) is 25.3. The Morgan fingerprint density at radius 3 is 2.68 bits per heavy atom. The van der Waals surface area contributed by atoms with Gasteiger partial charge in [0.2, 0.25) is 5.91 Å². The standard InChI is InChI=1S/C16H20BrNO4/c1-10(16(20)21)9-18(13-4-5-13)15(19)8-11-7-12(17)3-6-14(11)22-2/h3,6-7,10,13H,4-5,8-9H2,1-2H3,(H,20,21). The van der Waals surface area contributed by atoms with Crippen LogP contribution in [0.15, 0.2) is 22.7 Å². The summed E-state index contributed by atoms with van der Waals surface area (Å²) in [6.07, 6.45) is 2.12. The van der Waals surface area contributed by atoms with Crippen LogP contribution in [0.5, 0.6) is 5.75 Å². The Morgan fingerprint density at radius 2 is 2.14 bits per heavy atom. The largest absolute Gasteiger partial charge is 0.496 e. The number of aliphatic carboxylic acids is 1. The highest BCUT2D eigenvalue weighted by Gasteiger charge is 2.34. The maximum absolute atomic E-state index is 12.6. The third kappa shape index (κ3) is 4.22. The number of carbonyl (C=O) groups excluding carboxylic acids is 1. The molecule has 0 bridgehead atoms. The van der Waals surface area contributed by atoms with Gasteiger partial charge in [-0.2, -0.15) is 0 Å². The Hall–Kier alpha value is -1.56. The van der Waals surface area contributed by atoms with E-state index >= 15 is 0 Å². The van der Waals surface area contributed by atoms with Gasteiger partial charge in [-0.1, -0.05) is 22.9 Å². The van der Waals surface area contributed by atoms with Crippen LogP contribution in [0.2, 0.25) is 0 Å². The van der Waals surface area contributed by atoms with Crippen LogP contribution in [-0.4, -0.2) is 41.6 Å². The van der Waals surface area contributed by atoms with Gasteiger partial charge in [-0.25, -0.2) is 0 Å². The highest BCUT2D eigenvalue weighted by molar-refractivity contribution is 9.10. The zero-order valence-corrected chi connectivity index (χ0v) is 14.3. The van der Waals surface area contributed by atoms with Crippen molar-refractivity contribution in [1.82, 2.24) is 4.90 Å². The van der Waals surface area contributed by atoms with E-state index in [1.54, 1.807) is 18.9 Å². The van der Waals surface area contributed by atoms with E-state index in [0.29, 0.717) is 5.75 Å². The lowest BCUT2D eigenvalue weighted by Crippen LogP contribution is -2.39. The highest BCUT2D eigenvalue weighted by atomic mass is 79.9. The summed E-state index contributed by atoms with van der Waals surface area (Å²) in [6.45, 7) is 1.89. The average molecular weight is 370 g/mol. The molecule has 1 unspecified atom stereocenters. The van der Waals surface area contributed by atoms with Gasteiger partial charge < -0.3 is 14.7 Å². The van der Waals surface area contributed by atoms with E-state index < -0.39 is 11.9 Å². The van der Waals surface area contributed by atoms with Gasteiger partial charge >= 0.3 is 5.97 Å². The maximum atomic E-state index is 12.6.